The zero-order valence-electron chi connectivity index (χ0n) is 11.6. The van der Waals surface area contributed by atoms with Crippen LogP contribution in [0.4, 0.5) is 0 Å². The molecule has 2 N–H and O–H groups in total. The molecule has 2 atom stereocenters. The van der Waals surface area contributed by atoms with Crippen molar-refractivity contribution in [1.82, 2.24) is 15.3 Å². The van der Waals surface area contributed by atoms with E-state index in [9.17, 15) is 5.11 Å². The normalized spacial score (nSPS) is 14.8. The lowest BCUT2D eigenvalue weighted by molar-refractivity contribution is 0.196. The molecule has 0 aliphatic heterocycles. The third-order valence-corrected chi connectivity index (χ3v) is 3.72. The monoisotopic (exact) mass is 269 g/mol. The van der Waals surface area contributed by atoms with E-state index in [0.717, 1.165) is 23.8 Å². The standard InChI is InChI=1S/C13H23N3OS/c1-9(2)5-14-6-12-7-15-13(16-8-12)18-11(4)10(3)17/h7-11,14,17H,5-6H2,1-4H3. The predicted octanol–water partition coefficient (Wildman–Crippen LogP) is 2.08. The number of thioether (sulfide) groups is 1. The quantitative estimate of drug-likeness (QED) is 0.586. The fraction of sp³-hybridized carbons (Fsp3) is 0.692. The molecule has 102 valence electrons. The molecule has 0 saturated heterocycles. The number of nitrogens with zero attached hydrogens (tertiary/aromatic N) is 2. The molecule has 0 amide bonds. The van der Waals surface area contributed by atoms with E-state index in [1.807, 2.05) is 19.3 Å². The molecule has 0 aromatic carbocycles. The maximum atomic E-state index is 9.42. The van der Waals surface area contributed by atoms with Crippen LogP contribution in [0.25, 0.3) is 0 Å². The molecular weight excluding hydrogens is 246 g/mol. The summed E-state index contributed by atoms with van der Waals surface area (Å²) in [6.45, 7) is 9.91. The minimum Gasteiger partial charge on any atom is -0.392 e. The SMILES string of the molecule is CC(C)CNCc1cnc(SC(C)C(C)O)nc1. The summed E-state index contributed by atoms with van der Waals surface area (Å²) >= 11 is 1.50. The van der Waals surface area contributed by atoms with Gasteiger partial charge < -0.3 is 10.4 Å². The molecule has 2 unspecified atom stereocenters. The minimum absolute atomic E-state index is 0.106. The summed E-state index contributed by atoms with van der Waals surface area (Å²) in [5.41, 5.74) is 1.09. The van der Waals surface area contributed by atoms with Crippen molar-refractivity contribution in [3.05, 3.63) is 18.0 Å². The van der Waals surface area contributed by atoms with Gasteiger partial charge >= 0.3 is 0 Å². The summed E-state index contributed by atoms with van der Waals surface area (Å²) < 4.78 is 0. The van der Waals surface area contributed by atoms with Crippen molar-refractivity contribution in [2.24, 2.45) is 5.92 Å². The summed E-state index contributed by atoms with van der Waals surface area (Å²) in [5, 5.41) is 13.6. The van der Waals surface area contributed by atoms with Crippen LogP contribution in [-0.2, 0) is 6.54 Å². The molecule has 0 aliphatic rings. The fourth-order valence-corrected chi connectivity index (χ4v) is 2.02. The van der Waals surface area contributed by atoms with Crippen molar-refractivity contribution in [2.45, 2.75) is 50.8 Å². The summed E-state index contributed by atoms with van der Waals surface area (Å²) in [7, 11) is 0. The van der Waals surface area contributed by atoms with Gasteiger partial charge in [0.2, 0.25) is 0 Å². The molecule has 0 spiro atoms. The lowest BCUT2D eigenvalue weighted by Gasteiger charge is -2.12. The van der Waals surface area contributed by atoms with Crippen LogP contribution in [0.2, 0.25) is 0 Å². The highest BCUT2D eigenvalue weighted by Gasteiger charge is 2.11. The lowest BCUT2D eigenvalue weighted by atomic mass is 10.2. The highest BCUT2D eigenvalue weighted by atomic mass is 32.2. The molecule has 0 bridgehead atoms. The van der Waals surface area contributed by atoms with E-state index in [4.69, 9.17) is 0 Å². The Hall–Kier alpha value is -0.650. The van der Waals surface area contributed by atoms with Gasteiger partial charge in [-0.25, -0.2) is 9.97 Å². The van der Waals surface area contributed by atoms with Crippen LogP contribution in [0.3, 0.4) is 0 Å². The van der Waals surface area contributed by atoms with Crippen LogP contribution in [-0.4, -0.2) is 33.0 Å². The van der Waals surface area contributed by atoms with Gasteiger partial charge in [-0.15, -0.1) is 0 Å². The maximum absolute atomic E-state index is 9.42. The van der Waals surface area contributed by atoms with E-state index in [0.29, 0.717) is 5.92 Å². The zero-order valence-corrected chi connectivity index (χ0v) is 12.4. The van der Waals surface area contributed by atoms with Crippen molar-refractivity contribution >= 4 is 11.8 Å². The first-order chi connectivity index (χ1) is 8.49. The Morgan fingerprint density at radius 2 is 1.83 bits per heavy atom. The first-order valence-electron chi connectivity index (χ1n) is 6.35. The van der Waals surface area contributed by atoms with Crippen molar-refractivity contribution in [2.75, 3.05) is 6.54 Å². The number of aliphatic hydroxyl groups excluding tert-OH is 1. The van der Waals surface area contributed by atoms with Gasteiger partial charge in [0, 0.05) is 29.8 Å². The Labute approximate surface area is 114 Å². The Bertz CT molecular complexity index is 341. The number of hydrogen-bond donors (Lipinski definition) is 2. The Morgan fingerprint density at radius 3 is 2.33 bits per heavy atom. The zero-order chi connectivity index (χ0) is 13.5. The van der Waals surface area contributed by atoms with Gasteiger partial charge in [0.05, 0.1) is 6.10 Å². The summed E-state index contributed by atoms with van der Waals surface area (Å²) in [6.07, 6.45) is 3.33. The van der Waals surface area contributed by atoms with E-state index in [1.165, 1.54) is 11.8 Å². The molecular formula is C13H23N3OS. The number of aliphatic hydroxyl groups is 1. The number of rotatable bonds is 7. The van der Waals surface area contributed by atoms with E-state index in [-0.39, 0.29) is 11.4 Å². The van der Waals surface area contributed by atoms with E-state index < -0.39 is 0 Å². The molecule has 1 heterocycles. The third kappa shape index (κ3) is 5.80. The largest absolute Gasteiger partial charge is 0.392 e. The number of aromatic nitrogens is 2. The van der Waals surface area contributed by atoms with Crippen molar-refractivity contribution in [3.8, 4) is 0 Å². The predicted molar refractivity (Wildman–Crippen MR) is 75.6 cm³/mol. The van der Waals surface area contributed by atoms with E-state index >= 15 is 0 Å². The molecule has 0 fully saturated rings. The molecule has 1 aromatic rings. The Morgan fingerprint density at radius 1 is 1.22 bits per heavy atom. The van der Waals surface area contributed by atoms with E-state index in [1.54, 1.807) is 6.92 Å². The summed E-state index contributed by atoms with van der Waals surface area (Å²) in [5.74, 6) is 0.646. The fourth-order valence-electron chi connectivity index (χ4n) is 1.26. The average molecular weight is 269 g/mol. The van der Waals surface area contributed by atoms with Gasteiger partial charge in [-0.05, 0) is 19.4 Å². The van der Waals surface area contributed by atoms with Crippen LogP contribution in [0.1, 0.15) is 33.3 Å². The second kappa shape index (κ2) is 7.71. The number of hydrogen-bond acceptors (Lipinski definition) is 5. The van der Waals surface area contributed by atoms with Crippen LogP contribution >= 0.6 is 11.8 Å². The van der Waals surface area contributed by atoms with Crippen molar-refractivity contribution in [3.63, 3.8) is 0 Å². The first-order valence-corrected chi connectivity index (χ1v) is 7.23. The second-order valence-electron chi connectivity index (χ2n) is 4.96. The molecule has 18 heavy (non-hydrogen) atoms. The van der Waals surface area contributed by atoms with Gasteiger partial charge in [-0.2, -0.15) is 0 Å². The smallest absolute Gasteiger partial charge is 0.187 e. The van der Waals surface area contributed by atoms with Gasteiger partial charge in [0.1, 0.15) is 0 Å². The highest BCUT2D eigenvalue weighted by Crippen LogP contribution is 2.21. The van der Waals surface area contributed by atoms with Crippen molar-refractivity contribution < 1.29 is 5.11 Å². The van der Waals surface area contributed by atoms with Crippen LogP contribution < -0.4 is 5.32 Å². The van der Waals surface area contributed by atoms with E-state index in [2.05, 4.69) is 29.1 Å². The molecule has 0 saturated carbocycles. The van der Waals surface area contributed by atoms with Gasteiger partial charge in [0.25, 0.3) is 0 Å². The minimum atomic E-state index is -0.356. The molecule has 0 radical (unpaired) electrons. The molecule has 4 nitrogen and oxygen atoms in total. The molecule has 1 aromatic heterocycles. The number of nitrogens with one attached hydrogen (secondary N) is 1. The van der Waals surface area contributed by atoms with Crippen molar-refractivity contribution in [1.29, 1.82) is 0 Å². The van der Waals surface area contributed by atoms with Crippen LogP contribution in [0, 0.1) is 5.92 Å². The van der Waals surface area contributed by atoms with Crippen LogP contribution in [0.15, 0.2) is 17.6 Å². The van der Waals surface area contributed by atoms with Crippen LogP contribution in [0.5, 0.6) is 0 Å². The summed E-state index contributed by atoms with van der Waals surface area (Å²) in [6, 6.07) is 0. The Kier molecular flexibility index (Phi) is 6.60. The average Bonchev–Trinajstić information content (AvgIpc) is 2.30. The third-order valence-electron chi connectivity index (χ3n) is 2.53. The highest BCUT2D eigenvalue weighted by molar-refractivity contribution is 7.99. The maximum Gasteiger partial charge on any atom is 0.187 e. The Balaban J connectivity index is 2.42. The van der Waals surface area contributed by atoms with Gasteiger partial charge in [-0.3, -0.25) is 0 Å². The van der Waals surface area contributed by atoms with Gasteiger partial charge in [-0.1, -0.05) is 32.5 Å². The first kappa shape index (κ1) is 15.4. The lowest BCUT2D eigenvalue weighted by Crippen LogP contribution is -2.19. The molecule has 1 rings (SSSR count). The second-order valence-corrected chi connectivity index (χ2v) is 6.31. The topological polar surface area (TPSA) is 58.0 Å². The molecule has 0 aliphatic carbocycles. The molecule has 5 heteroatoms. The van der Waals surface area contributed by atoms with Gasteiger partial charge in [0.15, 0.2) is 5.16 Å². The summed E-state index contributed by atoms with van der Waals surface area (Å²) in [4.78, 5) is 8.60.